The molecule has 1 aromatic heterocycles. The van der Waals surface area contributed by atoms with Gasteiger partial charge >= 0.3 is 0 Å². The fourth-order valence-corrected chi connectivity index (χ4v) is 1.88. The van der Waals surface area contributed by atoms with Gasteiger partial charge in [-0.3, -0.25) is 9.78 Å². The number of amides is 1. The average molecular weight is 346 g/mol. The van der Waals surface area contributed by atoms with Gasteiger partial charge in [0, 0.05) is 21.4 Å². The lowest BCUT2D eigenvalue weighted by Crippen LogP contribution is -2.13. The molecule has 2 rings (SSSR count). The number of halogens is 3. The molecule has 0 saturated heterocycles. The van der Waals surface area contributed by atoms with Crippen molar-refractivity contribution in [1.82, 2.24) is 4.98 Å². The summed E-state index contributed by atoms with van der Waals surface area (Å²) in [6.45, 7) is 0. The van der Waals surface area contributed by atoms with E-state index in [2.05, 4.69) is 26.2 Å². The molecular weight excluding hydrogens is 339 g/mol. The van der Waals surface area contributed by atoms with Crippen LogP contribution in [0.5, 0.6) is 0 Å². The standard InChI is InChI=1S/C12H7BrCl2N2O/c13-9-2-1-8(6-10(9)15)17-12(18)11-5-7(14)3-4-16-11/h1-6H,(H,17,18). The molecule has 0 atom stereocenters. The highest BCUT2D eigenvalue weighted by atomic mass is 79.9. The smallest absolute Gasteiger partial charge is 0.274 e. The maximum atomic E-state index is 11.9. The first kappa shape index (κ1) is 13.3. The Morgan fingerprint density at radius 2 is 2.00 bits per heavy atom. The van der Waals surface area contributed by atoms with Gasteiger partial charge in [0.15, 0.2) is 0 Å². The van der Waals surface area contributed by atoms with Crippen LogP contribution in [0.25, 0.3) is 0 Å². The quantitative estimate of drug-likeness (QED) is 0.876. The number of carbonyl (C=O) groups excluding carboxylic acids is 1. The fourth-order valence-electron chi connectivity index (χ4n) is 1.30. The largest absolute Gasteiger partial charge is 0.321 e. The molecule has 1 heterocycles. The van der Waals surface area contributed by atoms with Gasteiger partial charge in [-0.2, -0.15) is 0 Å². The molecule has 18 heavy (non-hydrogen) atoms. The summed E-state index contributed by atoms with van der Waals surface area (Å²) in [5.74, 6) is -0.337. The summed E-state index contributed by atoms with van der Waals surface area (Å²) in [7, 11) is 0. The van der Waals surface area contributed by atoms with Crippen LogP contribution < -0.4 is 5.32 Å². The molecule has 1 aromatic carbocycles. The third kappa shape index (κ3) is 3.22. The predicted octanol–water partition coefficient (Wildman–Crippen LogP) is 4.40. The van der Waals surface area contributed by atoms with E-state index >= 15 is 0 Å². The molecule has 0 aliphatic heterocycles. The van der Waals surface area contributed by atoms with Crippen molar-refractivity contribution in [3.05, 3.63) is 56.7 Å². The zero-order valence-electron chi connectivity index (χ0n) is 8.95. The van der Waals surface area contributed by atoms with E-state index in [9.17, 15) is 4.79 Å². The minimum Gasteiger partial charge on any atom is -0.321 e. The van der Waals surface area contributed by atoms with Crippen molar-refractivity contribution in [3.63, 3.8) is 0 Å². The zero-order valence-corrected chi connectivity index (χ0v) is 12.1. The van der Waals surface area contributed by atoms with Crippen molar-refractivity contribution < 1.29 is 4.79 Å². The average Bonchev–Trinajstić information content (AvgIpc) is 2.34. The van der Waals surface area contributed by atoms with Crippen LogP contribution in [0, 0.1) is 0 Å². The molecule has 0 radical (unpaired) electrons. The number of carbonyl (C=O) groups is 1. The Bertz CT molecular complexity index is 604. The topological polar surface area (TPSA) is 42.0 Å². The highest BCUT2D eigenvalue weighted by Gasteiger charge is 2.08. The summed E-state index contributed by atoms with van der Waals surface area (Å²) < 4.78 is 0.767. The highest BCUT2D eigenvalue weighted by Crippen LogP contribution is 2.25. The number of hydrogen-bond donors (Lipinski definition) is 1. The van der Waals surface area contributed by atoms with Gasteiger partial charge in [0.2, 0.25) is 0 Å². The van der Waals surface area contributed by atoms with E-state index in [0.29, 0.717) is 15.7 Å². The Balaban J connectivity index is 2.18. The predicted molar refractivity (Wildman–Crippen MR) is 76.4 cm³/mol. The number of anilines is 1. The van der Waals surface area contributed by atoms with E-state index in [0.717, 1.165) is 4.47 Å². The van der Waals surface area contributed by atoms with Crippen LogP contribution in [-0.4, -0.2) is 10.9 Å². The lowest BCUT2D eigenvalue weighted by atomic mass is 10.3. The molecule has 0 aliphatic carbocycles. The molecule has 6 heteroatoms. The molecule has 2 aromatic rings. The normalized spacial score (nSPS) is 10.2. The van der Waals surface area contributed by atoms with E-state index in [1.807, 2.05) is 0 Å². The number of hydrogen-bond acceptors (Lipinski definition) is 2. The molecule has 3 nitrogen and oxygen atoms in total. The van der Waals surface area contributed by atoms with Crippen molar-refractivity contribution in [2.24, 2.45) is 0 Å². The summed E-state index contributed by atoms with van der Waals surface area (Å²) in [5.41, 5.74) is 0.844. The molecule has 0 unspecified atom stereocenters. The second-order valence-electron chi connectivity index (χ2n) is 3.44. The highest BCUT2D eigenvalue weighted by molar-refractivity contribution is 9.10. The number of benzene rings is 1. The van der Waals surface area contributed by atoms with Gasteiger partial charge < -0.3 is 5.32 Å². The Kier molecular flexibility index (Phi) is 4.22. The molecule has 1 amide bonds. The van der Waals surface area contributed by atoms with Gasteiger partial charge in [0.05, 0.1) is 5.02 Å². The van der Waals surface area contributed by atoms with Crippen molar-refractivity contribution in [2.75, 3.05) is 5.32 Å². The van der Waals surface area contributed by atoms with Crippen LogP contribution >= 0.6 is 39.1 Å². The molecule has 92 valence electrons. The molecular formula is C12H7BrCl2N2O. The first-order valence-electron chi connectivity index (χ1n) is 4.94. The third-order valence-corrected chi connectivity index (χ3v) is 3.60. The van der Waals surface area contributed by atoms with E-state index < -0.39 is 0 Å². The van der Waals surface area contributed by atoms with Crippen LogP contribution in [0.3, 0.4) is 0 Å². The number of nitrogens with one attached hydrogen (secondary N) is 1. The number of pyridine rings is 1. The summed E-state index contributed by atoms with van der Waals surface area (Å²) in [5, 5.41) is 3.67. The zero-order chi connectivity index (χ0) is 13.1. The van der Waals surface area contributed by atoms with Crippen molar-refractivity contribution in [2.45, 2.75) is 0 Å². The maximum Gasteiger partial charge on any atom is 0.274 e. The summed E-state index contributed by atoms with van der Waals surface area (Å²) in [4.78, 5) is 15.8. The van der Waals surface area contributed by atoms with E-state index in [4.69, 9.17) is 23.2 Å². The molecule has 1 N–H and O–H groups in total. The molecule has 0 aliphatic rings. The van der Waals surface area contributed by atoms with Gasteiger partial charge in [-0.25, -0.2) is 0 Å². The maximum absolute atomic E-state index is 11.9. The Hall–Kier alpha value is -1.10. The SMILES string of the molecule is O=C(Nc1ccc(Br)c(Cl)c1)c1cc(Cl)ccn1. The second kappa shape index (κ2) is 5.69. The van der Waals surface area contributed by atoms with Crippen molar-refractivity contribution in [3.8, 4) is 0 Å². The van der Waals surface area contributed by atoms with Gasteiger partial charge in [0.25, 0.3) is 5.91 Å². The minimum atomic E-state index is -0.337. The van der Waals surface area contributed by atoms with E-state index in [-0.39, 0.29) is 11.6 Å². The van der Waals surface area contributed by atoms with Gasteiger partial charge in [-0.05, 0) is 46.3 Å². The summed E-state index contributed by atoms with van der Waals surface area (Å²) in [6.07, 6.45) is 1.48. The first-order chi connectivity index (χ1) is 8.56. The van der Waals surface area contributed by atoms with Gasteiger partial charge in [-0.15, -0.1) is 0 Å². The van der Waals surface area contributed by atoms with Crippen LogP contribution in [0.4, 0.5) is 5.69 Å². The molecule has 0 fully saturated rings. The van der Waals surface area contributed by atoms with Crippen LogP contribution in [0.1, 0.15) is 10.5 Å². The molecule has 0 saturated carbocycles. The molecule has 0 bridgehead atoms. The first-order valence-corrected chi connectivity index (χ1v) is 6.49. The molecule has 0 spiro atoms. The van der Waals surface area contributed by atoms with E-state index in [1.165, 1.54) is 12.3 Å². The van der Waals surface area contributed by atoms with Crippen LogP contribution in [0.2, 0.25) is 10.0 Å². The van der Waals surface area contributed by atoms with Crippen molar-refractivity contribution in [1.29, 1.82) is 0 Å². The van der Waals surface area contributed by atoms with E-state index in [1.54, 1.807) is 24.3 Å². The van der Waals surface area contributed by atoms with Gasteiger partial charge in [0.1, 0.15) is 5.69 Å². The fraction of sp³-hybridized carbons (Fsp3) is 0. The number of aromatic nitrogens is 1. The van der Waals surface area contributed by atoms with Crippen LogP contribution in [-0.2, 0) is 0 Å². The minimum absolute atomic E-state index is 0.251. The lowest BCUT2D eigenvalue weighted by Gasteiger charge is -2.06. The monoisotopic (exact) mass is 344 g/mol. The third-order valence-electron chi connectivity index (χ3n) is 2.13. The Morgan fingerprint density at radius 3 is 2.67 bits per heavy atom. The number of nitrogens with zero attached hydrogens (tertiary/aromatic N) is 1. The van der Waals surface area contributed by atoms with Crippen molar-refractivity contribution >= 4 is 50.7 Å². The number of rotatable bonds is 2. The Labute approximate surface area is 122 Å². The van der Waals surface area contributed by atoms with Crippen LogP contribution in [0.15, 0.2) is 41.0 Å². The lowest BCUT2D eigenvalue weighted by molar-refractivity contribution is 0.102. The van der Waals surface area contributed by atoms with Gasteiger partial charge in [-0.1, -0.05) is 23.2 Å². The summed E-state index contributed by atoms with van der Waals surface area (Å²) >= 11 is 15.0. The summed E-state index contributed by atoms with van der Waals surface area (Å²) in [6, 6.07) is 8.24. The Morgan fingerprint density at radius 1 is 1.22 bits per heavy atom. The second-order valence-corrected chi connectivity index (χ2v) is 5.14.